The fourth-order valence-electron chi connectivity index (χ4n) is 3.17. The minimum atomic E-state index is -0.867. The fraction of sp³-hybridized carbons (Fsp3) is 0.450. The molecule has 1 fully saturated rings. The Morgan fingerprint density at radius 1 is 1.29 bits per heavy atom. The van der Waals surface area contributed by atoms with Gasteiger partial charge in [-0.1, -0.05) is 13.8 Å². The van der Waals surface area contributed by atoms with Crippen molar-refractivity contribution >= 4 is 23.2 Å². The van der Waals surface area contributed by atoms with Gasteiger partial charge in [0.05, 0.1) is 22.8 Å². The predicted molar refractivity (Wildman–Crippen MR) is 103 cm³/mol. The van der Waals surface area contributed by atoms with Crippen LogP contribution in [0.4, 0.5) is 8.78 Å². The van der Waals surface area contributed by atoms with Gasteiger partial charge in [-0.05, 0) is 25.0 Å². The number of halogens is 2. The van der Waals surface area contributed by atoms with Crippen molar-refractivity contribution in [1.29, 1.82) is 0 Å². The molecule has 8 heteroatoms. The Hall–Kier alpha value is -2.35. The number of rotatable bonds is 5. The van der Waals surface area contributed by atoms with E-state index in [2.05, 4.69) is 24.1 Å². The lowest BCUT2D eigenvalue weighted by atomic mass is 9.95. The van der Waals surface area contributed by atoms with Gasteiger partial charge in [-0.3, -0.25) is 9.59 Å². The van der Waals surface area contributed by atoms with E-state index in [4.69, 9.17) is 0 Å². The molecule has 0 atom stereocenters. The van der Waals surface area contributed by atoms with Crippen molar-refractivity contribution in [2.45, 2.75) is 39.2 Å². The van der Waals surface area contributed by atoms with E-state index in [1.165, 1.54) is 4.90 Å². The molecule has 2 aromatic rings. The van der Waals surface area contributed by atoms with Gasteiger partial charge in [0.1, 0.15) is 11.6 Å². The van der Waals surface area contributed by atoms with Crippen LogP contribution in [0.15, 0.2) is 23.6 Å². The van der Waals surface area contributed by atoms with E-state index < -0.39 is 17.5 Å². The molecule has 28 heavy (non-hydrogen) atoms. The standard InChI is InChI=1S/C20H23F2N3O2S/c1-12(2)19-24-15(11-28-19)10-23-18(26)13-5-7-25(8-6-13)20(27)16-4-3-14(21)9-17(16)22/h3-4,9,11-13H,5-8,10H2,1-2H3,(H,23,26). The summed E-state index contributed by atoms with van der Waals surface area (Å²) in [4.78, 5) is 30.8. The number of nitrogens with zero attached hydrogens (tertiary/aromatic N) is 2. The molecule has 0 bridgehead atoms. The Kier molecular flexibility index (Phi) is 6.39. The van der Waals surface area contributed by atoms with E-state index in [0.717, 1.165) is 22.8 Å². The third-order valence-corrected chi connectivity index (χ3v) is 6.02. The lowest BCUT2D eigenvalue weighted by Crippen LogP contribution is -2.43. The summed E-state index contributed by atoms with van der Waals surface area (Å²) in [5, 5.41) is 5.91. The van der Waals surface area contributed by atoms with Gasteiger partial charge in [-0.2, -0.15) is 0 Å². The van der Waals surface area contributed by atoms with E-state index in [0.29, 0.717) is 44.5 Å². The summed E-state index contributed by atoms with van der Waals surface area (Å²) in [6, 6.07) is 2.93. The number of benzene rings is 1. The smallest absolute Gasteiger partial charge is 0.256 e. The average Bonchev–Trinajstić information content (AvgIpc) is 3.15. The summed E-state index contributed by atoms with van der Waals surface area (Å²) in [6.07, 6.45) is 1.02. The molecule has 1 N–H and O–H groups in total. The minimum absolute atomic E-state index is 0.0563. The van der Waals surface area contributed by atoms with E-state index in [-0.39, 0.29) is 17.4 Å². The van der Waals surface area contributed by atoms with Crippen LogP contribution in [0.1, 0.15) is 53.7 Å². The van der Waals surface area contributed by atoms with Crippen LogP contribution in [0.5, 0.6) is 0 Å². The third kappa shape index (κ3) is 4.73. The lowest BCUT2D eigenvalue weighted by Gasteiger charge is -2.31. The Balaban J connectivity index is 1.50. The second-order valence-corrected chi connectivity index (χ2v) is 8.13. The number of hydrogen-bond acceptors (Lipinski definition) is 4. The largest absolute Gasteiger partial charge is 0.350 e. The van der Waals surface area contributed by atoms with E-state index in [1.54, 1.807) is 11.3 Å². The number of thiazole rings is 1. The monoisotopic (exact) mass is 407 g/mol. The van der Waals surface area contributed by atoms with Crippen LogP contribution in [0.2, 0.25) is 0 Å². The number of carbonyl (C=O) groups excluding carboxylic acids is 2. The van der Waals surface area contributed by atoms with Crippen molar-refractivity contribution in [2.75, 3.05) is 13.1 Å². The number of hydrogen-bond donors (Lipinski definition) is 1. The maximum absolute atomic E-state index is 13.8. The van der Waals surface area contributed by atoms with Gasteiger partial charge in [0.25, 0.3) is 5.91 Å². The minimum Gasteiger partial charge on any atom is -0.350 e. The molecule has 3 rings (SSSR count). The van der Waals surface area contributed by atoms with Crippen molar-refractivity contribution < 1.29 is 18.4 Å². The Morgan fingerprint density at radius 3 is 2.61 bits per heavy atom. The summed E-state index contributed by atoms with van der Waals surface area (Å²) in [5.74, 6) is -1.94. The van der Waals surface area contributed by atoms with Crippen LogP contribution >= 0.6 is 11.3 Å². The first-order valence-electron chi connectivity index (χ1n) is 9.31. The first-order valence-corrected chi connectivity index (χ1v) is 10.2. The molecule has 1 aliphatic heterocycles. The molecule has 1 aromatic heterocycles. The molecular weight excluding hydrogens is 384 g/mol. The first kappa shape index (κ1) is 20.4. The van der Waals surface area contributed by atoms with E-state index in [1.807, 2.05) is 5.38 Å². The lowest BCUT2D eigenvalue weighted by molar-refractivity contribution is -0.126. The maximum atomic E-state index is 13.8. The highest BCUT2D eigenvalue weighted by Crippen LogP contribution is 2.22. The molecule has 150 valence electrons. The highest BCUT2D eigenvalue weighted by atomic mass is 32.1. The zero-order valence-electron chi connectivity index (χ0n) is 15.9. The van der Waals surface area contributed by atoms with E-state index in [9.17, 15) is 18.4 Å². The summed E-state index contributed by atoms with van der Waals surface area (Å²) in [6.45, 7) is 5.27. The van der Waals surface area contributed by atoms with Crippen molar-refractivity contribution in [3.63, 3.8) is 0 Å². The molecule has 1 aromatic carbocycles. The third-order valence-electron chi connectivity index (χ3n) is 4.82. The van der Waals surface area contributed by atoms with Crippen LogP contribution in [0.25, 0.3) is 0 Å². The molecule has 0 unspecified atom stereocenters. The normalized spacial score (nSPS) is 15.1. The Labute approximate surface area is 166 Å². The molecule has 0 radical (unpaired) electrons. The number of aromatic nitrogens is 1. The molecule has 5 nitrogen and oxygen atoms in total. The Bertz CT molecular complexity index is 861. The van der Waals surface area contributed by atoms with Crippen LogP contribution in [0.3, 0.4) is 0 Å². The predicted octanol–water partition coefficient (Wildman–Crippen LogP) is 3.71. The van der Waals surface area contributed by atoms with Gasteiger partial charge in [-0.15, -0.1) is 11.3 Å². The van der Waals surface area contributed by atoms with Crippen LogP contribution in [0, 0.1) is 17.6 Å². The molecule has 2 amide bonds. The van der Waals surface area contributed by atoms with Gasteiger partial charge in [0.15, 0.2) is 0 Å². The fourth-order valence-corrected chi connectivity index (χ4v) is 4.00. The zero-order chi connectivity index (χ0) is 20.3. The highest BCUT2D eigenvalue weighted by molar-refractivity contribution is 7.09. The number of carbonyl (C=O) groups is 2. The summed E-state index contributed by atoms with van der Waals surface area (Å²) in [7, 11) is 0. The SMILES string of the molecule is CC(C)c1nc(CNC(=O)C2CCN(C(=O)c3ccc(F)cc3F)CC2)cs1. The van der Waals surface area contributed by atoms with Crippen LogP contribution in [-0.4, -0.2) is 34.8 Å². The molecule has 1 saturated heterocycles. The quantitative estimate of drug-likeness (QED) is 0.822. The van der Waals surface area contributed by atoms with Crippen molar-refractivity contribution in [1.82, 2.24) is 15.2 Å². The van der Waals surface area contributed by atoms with Crippen molar-refractivity contribution in [2.24, 2.45) is 5.92 Å². The highest BCUT2D eigenvalue weighted by Gasteiger charge is 2.29. The van der Waals surface area contributed by atoms with Gasteiger partial charge < -0.3 is 10.2 Å². The topological polar surface area (TPSA) is 62.3 Å². The Morgan fingerprint density at radius 2 is 2.00 bits per heavy atom. The second-order valence-electron chi connectivity index (χ2n) is 7.24. The number of likely N-dealkylation sites (tertiary alicyclic amines) is 1. The van der Waals surface area contributed by atoms with Gasteiger partial charge in [-0.25, -0.2) is 13.8 Å². The molecular formula is C20H23F2N3O2S. The summed E-state index contributed by atoms with van der Waals surface area (Å²) < 4.78 is 26.8. The maximum Gasteiger partial charge on any atom is 0.256 e. The molecule has 0 aliphatic carbocycles. The number of piperidine rings is 1. The second kappa shape index (κ2) is 8.77. The average molecular weight is 407 g/mol. The van der Waals surface area contributed by atoms with Gasteiger partial charge in [0, 0.05) is 36.4 Å². The summed E-state index contributed by atoms with van der Waals surface area (Å²) in [5.41, 5.74) is 0.704. The van der Waals surface area contributed by atoms with Crippen molar-refractivity contribution in [3.8, 4) is 0 Å². The number of nitrogens with one attached hydrogen (secondary N) is 1. The first-order chi connectivity index (χ1) is 13.3. The molecule has 0 saturated carbocycles. The van der Waals surface area contributed by atoms with Crippen molar-refractivity contribution in [3.05, 3.63) is 51.5 Å². The van der Waals surface area contributed by atoms with Crippen LogP contribution in [-0.2, 0) is 11.3 Å². The molecule has 1 aliphatic rings. The zero-order valence-corrected chi connectivity index (χ0v) is 16.7. The van der Waals surface area contributed by atoms with E-state index >= 15 is 0 Å². The van der Waals surface area contributed by atoms with Gasteiger partial charge >= 0.3 is 0 Å². The molecule has 0 spiro atoms. The van der Waals surface area contributed by atoms with Gasteiger partial charge in [0.2, 0.25) is 5.91 Å². The van der Waals surface area contributed by atoms with Crippen LogP contribution < -0.4 is 5.32 Å². The molecule has 2 heterocycles. The summed E-state index contributed by atoms with van der Waals surface area (Å²) >= 11 is 1.59. The number of amides is 2.